The number of piperazine rings is 2. The van der Waals surface area contributed by atoms with E-state index in [9.17, 15) is 25.6 Å². The molecule has 62 heavy (non-hydrogen) atoms. The quantitative estimate of drug-likeness (QED) is 0.131. The maximum absolute atomic E-state index is 13.4. The third kappa shape index (κ3) is 10.3. The molecule has 2 aliphatic rings. The van der Waals surface area contributed by atoms with Crippen molar-refractivity contribution in [3.05, 3.63) is 115 Å². The highest BCUT2D eigenvalue weighted by Crippen LogP contribution is 2.35. The van der Waals surface area contributed by atoms with Crippen LogP contribution in [0.25, 0.3) is 22.5 Å². The molecule has 2 fully saturated rings. The molecule has 2 saturated heterocycles. The summed E-state index contributed by atoms with van der Waals surface area (Å²) in [7, 11) is -4.30. The Morgan fingerprint density at radius 1 is 0.532 bits per heavy atom. The first-order valence-corrected chi connectivity index (χ1v) is 24.7. The van der Waals surface area contributed by atoms with Gasteiger partial charge in [0.25, 0.3) is 0 Å². The van der Waals surface area contributed by atoms with Crippen LogP contribution in [-0.2, 0) is 20.0 Å². The molecule has 0 saturated carbocycles. The summed E-state index contributed by atoms with van der Waals surface area (Å²) >= 11 is 26.5. The normalized spacial score (nSPS) is 15.3. The molecule has 0 amide bonds. The van der Waals surface area contributed by atoms with Crippen LogP contribution in [0, 0.1) is 11.6 Å². The van der Waals surface area contributed by atoms with Crippen molar-refractivity contribution in [2.75, 3.05) is 76.4 Å². The van der Waals surface area contributed by atoms with Crippen molar-refractivity contribution in [2.45, 2.75) is 9.79 Å². The Kier molecular flexibility index (Phi) is 14.5. The largest absolute Gasteiger partial charge is 0.497 e. The summed E-state index contributed by atoms with van der Waals surface area (Å²) in [6, 6.07) is 17.8. The molecule has 0 N–H and O–H groups in total. The van der Waals surface area contributed by atoms with Gasteiger partial charge in [0.15, 0.2) is 10.3 Å². The number of ether oxygens (including phenoxy) is 2. The average Bonchev–Trinajstić information content (AvgIpc) is 3.98. The number of benzene rings is 4. The molecule has 2 aliphatic heterocycles. The summed E-state index contributed by atoms with van der Waals surface area (Å²) in [5.74, 6) is 0.0490. The Morgan fingerprint density at radius 2 is 0.968 bits per heavy atom. The minimum absolute atomic E-state index is 0.0131. The Bertz CT molecular complexity index is 2780. The highest BCUT2D eigenvalue weighted by atomic mass is 35.5. The zero-order chi connectivity index (χ0) is 44.3. The first kappa shape index (κ1) is 46.2. The van der Waals surface area contributed by atoms with E-state index in [-0.39, 0.29) is 19.8 Å². The second-order valence-corrected chi connectivity index (χ2v) is 20.9. The molecule has 0 aliphatic carbocycles. The third-order valence-corrected chi connectivity index (χ3v) is 16.8. The van der Waals surface area contributed by atoms with Gasteiger partial charge >= 0.3 is 0 Å². The number of hydrogen-bond acceptors (Lipinski definition) is 12. The number of methoxy groups -OCH3 is 2. The van der Waals surface area contributed by atoms with Gasteiger partial charge in [-0.1, -0.05) is 52.5 Å². The number of aromatic nitrogens is 2. The first-order valence-electron chi connectivity index (χ1n) is 18.6. The summed E-state index contributed by atoms with van der Waals surface area (Å²) in [5, 5.41) is 6.01. The summed E-state index contributed by atoms with van der Waals surface area (Å²) in [5.41, 5.74) is 3.31. The van der Waals surface area contributed by atoms with E-state index in [1.807, 2.05) is 33.9 Å². The lowest BCUT2D eigenvalue weighted by molar-refractivity contribution is 0.384. The van der Waals surface area contributed by atoms with E-state index in [1.165, 1.54) is 43.4 Å². The van der Waals surface area contributed by atoms with Gasteiger partial charge in [0.05, 0.1) is 55.5 Å². The number of sulfonamides is 2. The zero-order valence-corrected chi connectivity index (χ0v) is 39.1. The van der Waals surface area contributed by atoms with E-state index in [4.69, 9.17) is 60.9 Å². The van der Waals surface area contributed by atoms with Gasteiger partial charge in [0.2, 0.25) is 20.0 Å². The van der Waals surface area contributed by atoms with Gasteiger partial charge in [-0.3, -0.25) is 0 Å². The van der Waals surface area contributed by atoms with Gasteiger partial charge in [0.1, 0.15) is 23.1 Å². The summed E-state index contributed by atoms with van der Waals surface area (Å²) in [6.07, 6.45) is 0. The molecule has 0 unspecified atom stereocenters. The maximum atomic E-state index is 13.4. The predicted molar refractivity (Wildman–Crippen MR) is 243 cm³/mol. The number of anilines is 2. The maximum Gasteiger partial charge on any atom is 0.243 e. The van der Waals surface area contributed by atoms with Gasteiger partial charge in [-0.25, -0.2) is 35.6 Å². The van der Waals surface area contributed by atoms with E-state index < -0.39 is 31.7 Å². The molecule has 328 valence electrons. The molecule has 4 heterocycles. The smallest absolute Gasteiger partial charge is 0.243 e. The van der Waals surface area contributed by atoms with Crippen molar-refractivity contribution in [3.8, 4) is 34.0 Å². The molecule has 0 radical (unpaired) electrons. The molecule has 8 rings (SSSR count). The molecule has 0 atom stereocenters. The van der Waals surface area contributed by atoms with Gasteiger partial charge in [-0.2, -0.15) is 8.61 Å². The molecule has 6 aromatic rings. The highest BCUT2D eigenvalue weighted by Gasteiger charge is 2.31. The second-order valence-electron chi connectivity index (χ2n) is 13.7. The van der Waals surface area contributed by atoms with Crippen molar-refractivity contribution in [2.24, 2.45) is 0 Å². The Hall–Kier alpha value is -3.82. The van der Waals surface area contributed by atoms with Crippen molar-refractivity contribution < 1.29 is 35.1 Å². The van der Waals surface area contributed by atoms with E-state index in [0.717, 1.165) is 57.0 Å². The monoisotopic (exact) mass is 1000 g/mol. The van der Waals surface area contributed by atoms with Crippen LogP contribution in [-0.4, -0.2) is 102 Å². The SMILES string of the molecule is COc1cc(OC)cc(-c2csc(N3CCN(S(=O)(=O)c4ccc(F)c(Cl)c4)CC3)n2)c1.O=S(=O)(c1ccc(F)c(Cl)c1)N1CCN(c2nc(-c3ccc(Cl)c(Cl)c3)cs2)CC1. The lowest BCUT2D eigenvalue weighted by Crippen LogP contribution is -2.48. The van der Waals surface area contributed by atoms with Gasteiger partial charge in [-0.15, -0.1) is 22.7 Å². The first-order chi connectivity index (χ1) is 29.6. The summed E-state index contributed by atoms with van der Waals surface area (Å²) < 4.78 is 91.6. The van der Waals surface area contributed by atoms with Crippen molar-refractivity contribution in [3.63, 3.8) is 0 Å². The molecule has 2 aromatic heterocycles. The summed E-state index contributed by atoms with van der Waals surface area (Å²) in [4.78, 5) is 13.4. The van der Waals surface area contributed by atoms with Gasteiger partial charge in [0, 0.05) is 80.3 Å². The van der Waals surface area contributed by atoms with Crippen LogP contribution >= 0.6 is 69.1 Å². The van der Waals surface area contributed by atoms with Crippen LogP contribution in [0.2, 0.25) is 20.1 Å². The number of nitrogens with zero attached hydrogens (tertiary/aromatic N) is 6. The minimum atomic E-state index is -3.75. The fraction of sp³-hybridized carbons (Fsp3) is 0.250. The van der Waals surface area contributed by atoms with E-state index in [1.54, 1.807) is 32.4 Å². The number of thiazole rings is 2. The lowest BCUT2D eigenvalue weighted by atomic mass is 10.1. The molecule has 0 spiro atoms. The fourth-order valence-electron chi connectivity index (χ4n) is 6.51. The molecule has 4 aromatic carbocycles. The Labute approximate surface area is 385 Å². The summed E-state index contributed by atoms with van der Waals surface area (Å²) in [6.45, 7) is 3.12. The zero-order valence-electron chi connectivity index (χ0n) is 32.8. The number of hydrogen-bond donors (Lipinski definition) is 0. The van der Waals surface area contributed by atoms with Crippen LogP contribution in [0.1, 0.15) is 0 Å². The number of halogens is 6. The average molecular weight is 1000 g/mol. The van der Waals surface area contributed by atoms with E-state index >= 15 is 0 Å². The topological polar surface area (TPSA) is 125 Å². The fourth-order valence-corrected chi connectivity index (χ4v) is 12.0. The van der Waals surface area contributed by atoms with Crippen LogP contribution in [0.5, 0.6) is 11.5 Å². The highest BCUT2D eigenvalue weighted by molar-refractivity contribution is 7.89. The predicted octanol–water partition coefficient (Wildman–Crippen LogP) is 9.55. The second kappa shape index (κ2) is 19.5. The lowest BCUT2D eigenvalue weighted by Gasteiger charge is -2.33. The molecular weight excluding hydrogens is 969 g/mol. The Morgan fingerprint density at radius 3 is 1.37 bits per heavy atom. The molecule has 12 nitrogen and oxygen atoms in total. The number of rotatable bonds is 10. The molecule has 22 heteroatoms. The van der Waals surface area contributed by atoms with Gasteiger partial charge < -0.3 is 19.3 Å². The van der Waals surface area contributed by atoms with E-state index in [0.29, 0.717) is 73.9 Å². The van der Waals surface area contributed by atoms with Gasteiger partial charge in [-0.05, 0) is 60.7 Å². The van der Waals surface area contributed by atoms with Crippen LogP contribution in [0.4, 0.5) is 19.0 Å². The van der Waals surface area contributed by atoms with Crippen molar-refractivity contribution in [1.82, 2.24) is 18.6 Å². The third-order valence-electron chi connectivity index (χ3n) is 9.92. The van der Waals surface area contributed by atoms with Crippen molar-refractivity contribution >= 4 is 99.4 Å². The Balaban J connectivity index is 0.000000187. The van der Waals surface area contributed by atoms with Crippen LogP contribution in [0.3, 0.4) is 0 Å². The standard InChI is InChI=1S/C21H21ClFN3O4S2.C19H15Cl3FN3O2S2/c1-29-15-9-14(10-16(11-15)30-2)20-13-31-21(24-20)25-5-7-26(8-6-25)32(27,28)17-3-4-19(23)18(22)12-17;20-14-3-1-12(9-15(14)21)18-11-29-19(24-18)25-5-7-26(8-6-25)30(27,28)13-2-4-17(23)16(22)10-13/h3-4,9-13H,5-8H2,1-2H3;1-4,9-11H,5-8H2. The molecule has 0 bridgehead atoms. The van der Waals surface area contributed by atoms with E-state index in [2.05, 4.69) is 9.88 Å². The van der Waals surface area contributed by atoms with Crippen LogP contribution < -0.4 is 19.3 Å². The molecular formula is C40H36Cl4F2N6O6S4. The van der Waals surface area contributed by atoms with Crippen LogP contribution in [0.15, 0.2) is 93.3 Å². The minimum Gasteiger partial charge on any atom is -0.497 e. The van der Waals surface area contributed by atoms with Crippen molar-refractivity contribution in [1.29, 1.82) is 0 Å².